The van der Waals surface area contributed by atoms with Crippen molar-refractivity contribution >= 4 is 21.7 Å². The Morgan fingerprint density at radius 2 is 1.72 bits per heavy atom. The fraction of sp³-hybridized carbons (Fsp3) is 0.559. The fourth-order valence-electron chi connectivity index (χ4n) is 5.95. The van der Waals surface area contributed by atoms with Crippen molar-refractivity contribution in [2.75, 3.05) is 5.75 Å². The Bertz CT molecular complexity index is 1470. The normalized spacial score (nSPS) is 17.8. The zero-order chi connectivity index (χ0) is 33.3. The number of benzene rings is 1. The summed E-state index contributed by atoms with van der Waals surface area (Å²) in [5, 5.41) is 28.0. The number of hydrogen-bond donors (Lipinski definition) is 5. The Balaban J connectivity index is 1.59. The molecule has 5 N–H and O–H groups in total. The Kier molecular flexibility index (Phi) is 12.2. The number of carbonyl (C=O) groups is 2. The predicted octanol–water partition coefficient (Wildman–Crippen LogP) is 3.65. The van der Waals surface area contributed by atoms with Gasteiger partial charge in [-0.25, -0.2) is 13.4 Å². The lowest BCUT2D eigenvalue weighted by Crippen LogP contribution is -2.56. The number of hydrogen-bond acceptors (Lipinski definition) is 8. The summed E-state index contributed by atoms with van der Waals surface area (Å²) in [6, 6.07) is 10.4. The van der Waals surface area contributed by atoms with Crippen molar-refractivity contribution < 1.29 is 32.6 Å². The maximum absolute atomic E-state index is 14.0. The molecule has 1 aliphatic rings. The number of imidazole rings is 1. The second-order valence-electron chi connectivity index (χ2n) is 13.4. The first-order valence-electron chi connectivity index (χ1n) is 16.1. The van der Waals surface area contributed by atoms with Crippen molar-refractivity contribution in [1.82, 2.24) is 20.6 Å². The highest BCUT2D eigenvalue weighted by molar-refractivity contribution is 7.92. The van der Waals surface area contributed by atoms with Gasteiger partial charge in [-0.2, -0.15) is 0 Å². The van der Waals surface area contributed by atoms with Crippen LogP contribution in [0.5, 0.6) is 0 Å². The van der Waals surface area contributed by atoms with Crippen LogP contribution in [0.3, 0.4) is 0 Å². The van der Waals surface area contributed by atoms with Crippen molar-refractivity contribution in [2.24, 2.45) is 11.8 Å². The number of H-pyrrole nitrogens is 1. The quantitative estimate of drug-likeness (QED) is 0.165. The van der Waals surface area contributed by atoms with Crippen LogP contribution in [0.4, 0.5) is 0 Å². The molecule has 0 saturated heterocycles. The highest BCUT2D eigenvalue weighted by Crippen LogP contribution is 2.30. The summed E-state index contributed by atoms with van der Waals surface area (Å²) in [4.78, 5) is 34.9. The molecule has 5 atom stereocenters. The first-order chi connectivity index (χ1) is 21.8. The molecule has 11 nitrogen and oxygen atoms in total. The molecule has 2 amide bonds. The van der Waals surface area contributed by atoms with E-state index in [2.05, 4.69) is 20.6 Å². The first kappa shape index (κ1) is 35.4. The third-order valence-electron chi connectivity index (χ3n) is 8.87. The lowest BCUT2D eigenvalue weighted by molar-refractivity contribution is -0.132. The minimum absolute atomic E-state index is 0.0502. The number of furan rings is 1. The number of amides is 2. The summed E-state index contributed by atoms with van der Waals surface area (Å²) in [6.07, 6.45) is 7.49. The Labute approximate surface area is 271 Å². The van der Waals surface area contributed by atoms with E-state index >= 15 is 0 Å². The smallest absolute Gasteiger partial charge is 0.243 e. The van der Waals surface area contributed by atoms with E-state index in [0.717, 1.165) is 37.7 Å². The van der Waals surface area contributed by atoms with Crippen molar-refractivity contribution in [2.45, 2.75) is 101 Å². The summed E-state index contributed by atoms with van der Waals surface area (Å²) in [7, 11) is -3.69. The van der Waals surface area contributed by atoms with Crippen LogP contribution in [0, 0.1) is 11.8 Å². The zero-order valence-electron chi connectivity index (χ0n) is 26.9. The predicted molar refractivity (Wildman–Crippen MR) is 174 cm³/mol. The van der Waals surface area contributed by atoms with Crippen LogP contribution < -0.4 is 10.6 Å². The van der Waals surface area contributed by atoms with Gasteiger partial charge in [0.2, 0.25) is 11.8 Å². The van der Waals surface area contributed by atoms with Crippen LogP contribution in [-0.4, -0.2) is 69.1 Å². The molecular formula is C34H48N4O7S. The van der Waals surface area contributed by atoms with Gasteiger partial charge in [0.25, 0.3) is 0 Å². The van der Waals surface area contributed by atoms with Crippen molar-refractivity contribution in [3.05, 3.63) is 78.3 Å². The Hall–Kier alpha value is -3.48. The number of aromatic amines is 1. The van der Waals surface area contributed by atoms with Gasteiger partial charge in [-0.1, -0.05) is 62.4 Å². The van der Waals surface area contributed by atoms with Crippen molar-refractivity contribution in [3.8, 4) is 0 Å². The second-order valence-corrected chi connectivity index (χ2v) is 16.2. The van der Waals surface area contributed by atoms with Crippen LogP contribution in [0.1, 0.15) is 82.4 Å². The fourth-order valence-corrected chi connectivity index (χ4v) is 7.25. The minimum atomic E-state index is -3.69. The zero-order valence-corrected chi connectivity index (χ0v) is 27.7. The molecule has 1 saturated carbocycles. The Morgan fingerprint density at radius 1 is 1.00 bits per heavy atom. The number of aliphatic hydroxyl groups is 2. The highest BCUT2D eigenvalue weighted by atomic mass is 32.2. The summed E-state index contributed by atoms with van der Waals surface area (Å²) in [5.41, 5.74) is 1.38. The number of sulfone groups is 1. The van der Waals surface area contributed by atoms with Crippen LogP contribution in [0.2, 0.25) is 0 Å². The van der Waals surface area contributed by atoms with Gasteiger partial charge in [0.1, 0.15) is 24.0 Å². The van der Waals surface area contributed by atoms with Gasteiger partial charge in [-0.3, -0.25) is 9.59 Å². The molecule has 46 heavy (non-hydrogen) atoms. The molecule has 0 bridgehead atoms. The van der Waals surface area contributed by atoms with Crippen molar-refractivity contribution in [3.63, 3.8) is 0 Å². The molecule has 3 aromatic rings. The van der Waals surface area contributed by atoms with Crippen molar-refractivity contribution in [1.29, 1.82) is 0 Å². The lowest BCUT2D eigenvalue weighted by Gasteiger charge is -2.33. The van der Waals surface area contributed by atoms with E-state index in [1.165, 1.54) is 12.6 Å². The van der Waals surface area contributed by atoms with Gasteiger partial charge in [-0.05, 0) is 57.2 Å². The molecule has 1 unspecified atom stereocenters. The van der Waals surface area contributed by atoms with Crippen LogP contribution >= 0.6 is 0 Å². The molecule has 2 heterocycles. The minimum Gasteiger partial charge on any atom is -0.466 e. The SMILES string of the molecule is CC(C)(C)S(=O)(=O)C[C@@H](Cc1ccccc1)C(=O)NC(Cc1cnc[nH]1)C(=O)N[C@@H](CC1CCCCC1)[C@@H](O)[C@H](O)c1ccco1. The van der Waals surface area contributed by atoms with Crippen LogP contribution in [0.15, 0.2) is 65.7 Å². The van der Waals surface area contributed by atoms with E-state index < -0.39 is 62.4 Å². The first-order valence-corrected chi connectivity index (χ1v) is 17.7. The molecule has 4 rings (SSSR count). The van der Waals surface area contributed by atoms with Crippen LogP contribution in [-0.2, 0) is 32.3 Å². The number of carbonyl (C=O) groups excluding carboxylic acids is 2. The van der Waals surface area contributed by atoms with Crippen LogP contribution in [0.25, 0.3) is 0 Å². The van der Waals surface area contributed by atoms with E-state index in [-0.39, 0.29) is 24.5 Å². The number of aromatic nitrogens is 2. The van der Waals surface area contributed by atoms with E-state index in [1.807, 2.05) is 30.3 Å². The molecule has 1 fully saturated rings. The number of nitrogens with one attached hydrogen (secondary N) is 3. The maximum atomic E-state index is 14.0. The molecule has 12 heteroatoms. The van der Waals surface area contributed by atoms with E-state index in [4.69, 9.17) is 4.42 Å². The van der Waals surface area contributed by atoms with Gasteiger partial charge in [-0.15, -0.1) is 0 Å². The average molecular weight is 657 g/mol. The molecular weight excluding hydrogens is 608 g/mol. The number of rotatable bonds is 15. The summed E-state index contributed by atoms with van der Waals surface area (Å²) < 4.78 is 30.8. The topological polar surface area (TPSA) is 175 Å². The Morgan fingerprint density at radius 3 is 2.33 bits per heavy atom. The largest absolute Gasteiger partial charge is 0.466 e. The third-order valence-corrected chi connectivity index (χ3v) is 11.6. The molecule has 0 aliphatic heterocycles. The lowest BCUT2D eigenvalue weighted by atomic mass is 9.82. The van der Waals surface area contributed by atoms with Gasteiger partial charge in [0, 0.05) is 18.3 Å². The van der Waals surface area contributed by atoms with Gasteiger partial charge in [0.15, 0.2) is 9.84 Å². The molecule has 0 radical (unpaired) electrons. The average Bonchev–Trinajstić information content (AvgIpc) is 3.75. The van der Waals surface area contributed by atoms with E-state index in [9.17, 15) is 28.2 Å². The molecule has 1 aliphatic carbocycles. The summed E-state index contributed by atoms with van der Waals surface area (Å²) in [6.45, 7) is 4.80. The maximum Gasteiger partial charge on any atom is 0.243 e. The molecule has 252 valence electrons. The van der Waals surface area contributed by atoms with E-state index in [1.54, 1.807) is 39.1 Å². The van der Waals surface area contributed by atoms with E-state index in [0.29, 0.717) is 12.1 Å². The van der Waals surface area contributed by atoms with Gasteiger partial charge < -0.3 is 30.2 Å². The summed E-state index contributed by atoms with van der Waals surface area (Å²) in [5.74, 6) is -2.07. The van der Waals surface area contributed by atoms with Gasteiger partial charge >= 0.3 is 0 Å². The number of nitrogens with zero attached hydrogens (tertiary/aromatic N) is 1. The molecule has 2 aromatic heterocycles. The highest BCUT2D eigenvalue weighted by Gasteiger charge is 2.37. The summed E-state index contributed by atoms with van der Waals surface area (Å²) >= 11 is 0. The molecule has 1 aromatic carbocycles. The molecule has 0 spiro atoms. The second kappa shape index (κ2) is 15.9. The third kappa shape index (κ3) is 9.76. The number of aliphatic hydroxyl groups excluding tert-OH is 2. The van der Waals surface area contributed by atoms with Gasteiger partial charge in [0.05, 0.1) is 35.1 Å². The standard InChI is InChI=1S/C34H48N4O7S/c1-34(2,3)46(43,44)21-25(17-23-11-6-4-7-12-23)32(41)38-28(19-26-20-35-22-36-26)33(42)37-27(18-24-13-8-5-9-14-24)30(39)31(40)29-15-10-16-45-29/h4,6-7,10-12,15-16,20,22,24-25,27-28,30-31,39-40H,5,8-9,13-14,17-19,21H2,1-3H3,(H,35,36)(H,37,42)(H,38,41)/t25-,27+,28?,30-,31-/m1/s1. The monoisotopic (exact) mass is 656 g/mol.